The molecule has 2 aliphatic heterocycles. The number of methoxy groups -OCH3 is 2. The molecule has 2 fully saturated rings. The number of likely N-dealkylation sites (tertiary alicyclic amines) is 2. The van der Waals surface area contributed by atoms with Crippen LogP contribution in [-0.4, -0.2) is 61.6 Å². The summed E-state index contributed by atoms with van der Waals surface area (Å²) in [6.45, 7) is 2.31. The summed E-state index contributed by atoms with van der Waals surface area (Å²) in [6, 6.07) is 9.15. The Morgan fingerprint density at radius 1 is 1.13 bits per heavy atom. The monoisotopic (exact) mass is 443 g/mol. The molecule has 4 rings (SSSR count). The van der Waals surface area contributed by atoms with Crippen LogP contribution in [0.2, 0.25) is 0 Å². The van der Waals surface area contributed by atoms with Crippen LogP contribution < -0.4 is 10.1 Å². The summed E-state index contributed by atoms with van der Waals surface area (Å²) >= 11 is 1.22. The number of hydrogen-bond donors (Lipinski definition) is 1. The molecule has 2 saturated heterocycles. The van der Waals surface area contributed by atoms with Gasteiger partial charge in [0.15, 0.2) is 0 Å². The number of amides is 3. The Kier molecular flexibility index (Phi) is 5.86. The Morgan fingerprint density at radius 3 is 2.45 bits per heavy atom. The largest absolute Gasteiger partial charge is 0.497 e. The number of thiophene rings is 1. The van der Waals surface area contributed by atoms with Gasteiger partial charge in [-0.1, -0.05) is 12.1 Å². The van der Waals surface area contributed by atoms with E-state index in [0.717, 1.165) is 11.3 Å². The van der Waals surface area contributed by atoms with Gasteiger partial charge in [-0.15, -0.1) is 11.3 Å². The molecule has 0 bridgehead atoms. The standard InChI is InChI=1S/C22H25N3O5S/c1-29-16-5-3-15(4-6-16)13-25-14-22(20(25)27)8-10-24(11-9-22)21(28)23-17-7-12-31-18(17)19(26)30-2/h3-7,12H,8-11,13-14H2,1-2H3,(H,23,28). The van der Waals surface area contributed by atoms with E-state index in [-0.39, 0.29) is 17.4 Å². The fourth-order valence-electron chi connectivity index (χ4n) is 4.19. The van der Waals surface area contributed by atoms with Gasteiger partial charge in [0.05, 0.1) is 25.3 Å². The van der Waals surface area contributed by atoms with Crippen molar-refractivity contribution in [3.8, 4) is 5.75 Å². The third-order valence-corrected chi connectivity index (χ3v) is 6.95. The average molecular weight is 444 g/mol. The molecular weight excluding hydrogens is 418 g/mol. The van der Waals surface area contributed by atoms with Gasteiger partial charge in [0, 0.05) is 26.2 Å². The highest BCUT2D eigenvalue weighted by atomic mass is 32.1. The third-order valence-electron chi connectivity index (χ3n) is 6.05. The number of piperidine rings is 1. The lowest BCUT2D eigenvalue weighted by atomic mass is 9.71. The molecule has 9 heteroatoms. The maximum absolute atomic E-state index is 12.9. The maximum atomic E-state index is 12.9. The van der Waals surface area contributed by atoms with Crippen molar-refractivity contribution >= 4 is 34.9 Å². The Hall–Kier alpha value is -3.07. The number of β-lactam (4-membered cyclic amide) rings is 1. The number of nitrogens with one attached hydrogen (secondary N) is 1. The van der Waals surface area contributed by atoms with Gasteiger partial charge in [-0.25, -0.2) is 9.59 Å². The summed E-state index contributed by atoms with van der Waals surface area (Å²) < 4.78 is 9.92. The van der Waals surface area contributed by atoms with Crippen molar-refractivity contribution in [1.29, 1.82) is 0 Å². The van der Waals surface area contributed by atoms with Crippen LogP contribution in [-0.2, 0) is 16.1 Å². The van der Waals surface area contributed by atoms with Gasteiger partial charge in [0.1, 0.15) is 10.6 Å². The first-order chi connectivity index (χ1) is 15.0. The molecule has 0 atom stereocenters. The van der Waals surface area contributed by atoms with Crippen LogP contribution in [0.5, 0.6) is 5.75 Å². The van der Waals surface area contributed by atoms with E-state index in [1.807, 2.05) is 29.2 Å². The predicted octanol–water partition coefficient (Wildman–Crippen LogP) is 3.20. The van der Waals surface area contributed by atoms with Gasteiger partial charge in [-0.3, -0.25) is 4.79 Å². The lowest BCUT2D eigenvalue weighted by Gasteiger charge is -2.52. The smallest absolute Gasteiger partial charge is 0.350 e. The van der Waals surface area contributed by atoms with E-state index in [4.69, 9.17) is 9.47 Å². The molecule has 0 unspecified atom stereocenters. The van der Waals surface area contributed by atoms with E-state index < -0.39 is 5.97 Å². The number of esters is 1. The Labute approximate surface area is 184 Å². The molecule has 2 aromatic rings. The fraction of sp³-hybridized carbons (Fsp3) is 0.409. The van der Waals surface area contributed by atoms with Gasteiger partial charge in [0.25, 0.3) is 0 Å². The Bertz CT molecular complexity index is 979. The summed E-state index contributed by atoms with van der Waals surface area (Å²) in [6.07, 6.45) is 1.29. The molecule has 1 N–H and O–H groups in total. The molecule has 1 spiro atoms. The van der Waals surface area contributed by atoms with Crippen molar-refractivity contribution in [2.24, 2.45) is 5.41 Å². The van der Waals surface area contributed by atoms with E-state index in [1.54, 1.807) is 23.5 Å². The second-order valence-electron chi connectivity index (χ2n) is 7.86. The molecule has 3 heterocycles. The minimum atomic E-state index is -0.472. The number of carbonyl (C=O) groups excluding carboxylic acids is 3. The molecule has 1 aromatic carbocycles. The van der Waals surface area contributed by atoms with Crippen LogP contribution in [0.1, 0.15) is 28.1 Å². The highest BCUT2D eigenvalue weighted by molar-refractivity contribution is 7.12. The van der Waals surface area contributed by atoms with E-state index in [0.29, 0.717) is 49.6 Å². The summed E-state index contributed by atoms with van der Waals surface area (Å²) in [5, 5.41) is 4.53. The zero-order valence-electron chi connectivity index (χ0n) is 17.6. The molecule has 1 aromatic heterocycles. The number of hydrogen-bond acceptors (Lipinski definition) is 6. The van der Waals surface area contributed by atoms with Crippen LogP contribution in [0.3, 0.4) is 0 Å². The molecule has 3 amide bonds. The Balaban J connectivity index is 1.29. The number of ether oxygens (including phenoxy) is 2. The summed E-state index contributed by atoms with van der Waals surface area (Å²) in [5.41, 5.74) is 1.16. The van der Waals surface area contributed by atoms with E-state index in [2.05, 4.69) is 5.32 Å². The second kappa shape index (κ2) is 8.58. The molecule has 31 heavy (non-hydrogen) atoms. The van der Waals surface area contributed by atoms with Gasteiger partial charge in [-0.2, -0.15) is 0 Å². The van der Waals surface area contributed by atoms with Crippen LogP contribution in [0.4, 0.5) is 10.5 Å². The number of urea groups is 1. The van der Waals surface area contributed by atoms with Gasteiger partial charge in [-0.05, 0) is 42.0 Å². The predicted molar refractivity (Wildman–Crippen MR) is 116 cm³/mol. The number of anilines is 1. The van der Waals surface area contributed by atoms with Crippen molar-refractivity contribution in [3.63, 3.8) is 0 Å². The van der Waals surface area contributed by atoms with Crippen LogP contribution in [0.25, 0.3) is 0 Å². The van der Waals surface area contributed by atoms with Crippen molar-refractivity contribution < 1.29 is 23.9 Å². The van der Waals surface area contributed by atoms with Crippen LogP contribution in [0.15, 0.2) is 35.7 Å². The van der Waals surface area contributed by atoms with Crippen molar-refractivity contribution in [3.05, 3.63) is 46.2 Å². The number of benzene rings is 1. The minimum Gasteiger partial charge on any atom is -0.497 e. The molecule has 0 radical (unpaired) electrons. The van der Waals surface area contributed by atoms with Crippen LogP contribution >= 0.6 is 11.3 Å². The van der Waals surface area contributed by atoms with Crippen LogP contribution in [0, 0.1) is 5.41 Å². The first-order valence-corrected chi connectivity index (χ1v) is 11.0. The fourth-order valence-corrected chi connectivity index (χ4v) is 4.96. The van der Waals surface area contributed by atoms with Crippen molar-refractivity contribution in [2.45, 2.75) is 19.4 Å². The highest BCUT2D eigenvalue weighted by Crippen LogP contribution is 2.42. The summed E-state index contributed by atoms with van der Waals surface area (Å²) in [4.78, 5) is 41.3. The van der Waals surface area contributed by atoms with Crippen molar-refractivity contribution in [2.75, 3.05) is 39.2 Å². The number of rotatable bonds is 5. The molecule has 0 aliphatic carbocycles. The van der Waals surface area contributed by atoms with E-state index in [9.17, 15) is 14.4 Å². The second-order valence-corrected chi connectivity index (χ2v) is 8.78. The minimum absolute atomic E-state index is 0.161. The molecular formula is C22H25N3O5S. The topological polar surface area (TPSA) is 88.2 Å². The first-order valence-electron chi connectivity index (χ1n) is 10.1. The lowest BCUT2D eigenvalue weighted by Crippen LogP contribution is -2.64. The molecule has 164 valence electrons. The molecule has 2 aliphatic rings. The zero-order valence-corrected chi connectivity index (χ0v) is 18.4. The maximum Gasteiger partial charge on any atom is 0.350 e. The zero-order chi connectivity index (χ0) is 22.0. The van der Waals surface area contributed by atoms with Crippen molar-refractivity contribution in [1.82, 2.24) is 9.80 Å². The summed E-state index contributed by atoms with van der Waals surface area (Å²) in [5.74, 6) is 0.482. The highest BCUT2D eigenvalue weighted by Gasteiger charge is 2.53. The molecule has 0 saturated carbocycles. The lowest BCUT2D eigenvalue weighted by molar-refractivity contribution is -0.165. The Morgan fingerprint density at radius 2 is 1.84 bits per heavy atom. The third kappa shape index (κ3) is 4.10. The SMILES string of the molecule is COC(=O)c1sccc1NC(=O)N1CCC2(CC1)CN(Cc1ccc(OC)cc1)C2=O. The quantitative estimate of drug-likeness (QED) is 0.566. The van der Waals surface area contributed by atoms with Gasteiger partial charge in [0.2, 0.25) is 5.91 Å². The van der Waals surface area contributed by atoms with Gasteiger partial charge >= 0.3 is 12.0 Å². The number of nitrogens with zero attached hydrogens (tertiary/aromatic N) is 2. The number of carbonyl (C=O) groups is 3. The molecule has 8 nitrogen and oxygen atoms in total. The normalized spacial score (nSPS) is 17.3. The first kappa shape index (κ1) is 21.2. The average Bonchev–Trinajstić information content (AvgIpc) is 3.27. The van der Waals surface area contributed by atoms with E-state index in [1.165, 1.54) is 18.4 Å². The van der Waals surface area contributed by atoms with Gasteiger partial charge < -0.3 is 24.6 Å². The van der Waals surface area contributed by atoms with E-state index >= 15 is 0 Å². The summed E-state index contributed by atoms with van der Waals surface area (Å²) in [7, 11) is 2.94.